The summed E-state index contributed by atoms with van der Waals surface area (Å²) in [6.45, 7) is 2.17. The topological polar surface area (TPSA) is 231 Å². The number of rotatable bonds is 65. The Morgan fingerprint density at radius 1 is 0.289 bits per heavy atom. The highest BCUT2D eigenvalue weighted by atomic mass is 31.2. The second kappa shape index (κ2) is 70.3. The Morgan fingerprint density at radius 2 is 0.515 bits per heavy atom. The van der Waals surface area contributed by atoms with Crippen molar-refractivity contribution < 1.29 is 75.8 Å². The average molecular weight is 1390 g/mol. The maximum atomic E-state index is 13.0. The fraction of sp³-hybridized carbons (Fsp3) is 0.557. The number of aliphatic hydroxyl groups excluding tert-OH is 2. The molecule has 546 valence electrons. The van der Waals surface area contributed by atoms with E-state index in [1.807, 2.05) is 0 Å². The highest BCUT2D eigenvalue weighted by molar-refractivity contribution is 7.47. The van der Waals surface area contributed by atoms with Crippen molar-refractivity contribution in [3.05, 3.63) is 194 Å². The lowest BCUT2D eigenvalue weighted by atomic mass is 10.1. The van der Waals surface area contributed by atoms with Crippen LogP contribution in [0.5, 0.6) is 0 Å². The summed E-state index contributed by atoms with van der Waals surface area (Å²) in [5, 5.41) is 20.6. The summed E-state index contributed by atoms with van der Waals surface area (Å²) in [7, 11) is -9.83. The molecule has 97 heavy (non-hydrogen) atoms. The molecule has 0 aliphatic carbocycles. The van der Waals surface area contributed by atoms with Crippen LogP contribution in [-0.2, 0) is 55.8 Å². The largest absolute Gasteiger partial charge is 0.472 e. The summed E-state index contributed by atoms with van der Waals surface area (Å²) in [6.07, 6.45) is 90.5. The minimum Gasteiger partial charge on any atom is -0.463 e. The van der Waals surface area contributed by atoms with Crippen molar-refractivity contribution >= 4 is 33.6 Å². The van der Waals surface area contributed by atoms with Gasteiger partial charge in [-0.25, -0.2) is 9.13 Å². The third-order valence-electron chi connectivity index (χ3n) is 13.8. The van der Waals surface area contributed by atoms with Crippen LogP contribution >= 0.6 is 15.6 Å². The zero-order valence-electron chi connectivity index (χ0n) is 59.2. The van der Waals surface area contributed by atoms with Gasteiger partial charge in [0.1, 0.15) is 25.4 Å². The first-order chi connectivity index (χ1) is 47.2. The summed E-state index contributed by atoms with van der Waals surface area (Å²) in [4.78, 5) is 58.5. The van der Waals surface area contributed by atoms with Gasteiger partial charge in [-0.05, 0) is 161 Å². The Kier molecular flexibility index (Phi) is 66.2. The first kappa shape index (κ1) is 91.4. The molecule has 0 aromatic carbocycles. The van der Waals surface area contributed by atoms with E-state index in [9.17, 15) is 43.5 Å². The van der Waals surface area contributed by atoms with E-state index in [1.54, 1.807) is 0 Å². The van der Waals surface area contributed by atoms with Crippen molar-refractivity contribution in [2.24, 2.45) is 0 Å². The van der Waals surface area contributed by atoms with E-state index < -0.39 is 91.5 Å². The van der Waals surface area contributed by atoms with Gasteiger partial charge >= 0.3 is 33.6 Å². The van der Waals surface area contributed by atoms with Gasteiger partial charge in [-0.1, -0.05) is 241 Å². The number of aliphatic hydroxyl groups is 2. The van der Waals surface area contributed by atoms with Gasteiger partial charge in [-0.3, -0.25) is 32.5 Å². The smallest absolute Gasteiger partial charge is 0.463 e. The molecule has 0 fully saturated rings. The molecule has 18 heteroatoms. The zero-order chi connectivity index (χ0) is 70.9. The number of unbranched alkanes of at least 4 members (excludes halogenated alkanes) is 10. The average Bonchev–Trinajstić information content (AvgIpc) is 1.81. The Bertz CT molecular complexity index is 2540. The Hall–Kier alpha value is -5.61. The van der Waals surface area contributed by atoms with Crippen LogP contribution in [0.2, 0.25) is 0 Å². The number of carbonyl (C=O) groups is 3. The standard InChI is InChI=1S/C79H124O16P2/c1-4-7-10-13-16-19-22-25-28-31-34-35-36-37-40-42-44-47-50-53-56-59-62-65-77(82)89-68-74(80)69-91-96(85,86)92-70-75(81)71-93-97(87,88)94-73-76(95-79(84)67-64-61-58-55-52-49-46-43-39-33-30-27-24-21-18-15-12-9-6-3)72-90-78(83)66-63-60-57-54-51-48-45-41-38-32-29-26-23-20-17-14-11-8-5-2/h7-12,16-21,25-30,34-35,37-41,43-44,47-49,51-52,74-76,80-81H,4-6,13-15,22-24,31-33,36,42,45-46,50,53-73H2,1-3H3,(H,85,86)(H,87,88)/b10-7-,11-8-,12-9-,19-16-,20-17-,21-18-,28-25-,29-26-,30-27-,35-34-,40-37-,41-38-,43-39-,47-44-,51-48-,52-49-. The molecule has 0 heterocycles. The van der Waals surface area contributed by atoms with Crippen molar-refractivity contribution in [3.63, 3.8) is 0 Å². The molecule has 0 saturated heterocycles. The number of phosphoric acid groups is 2. The molecule has 0 saturated carbocycles. The summed E-state index contributed by atoms with van der Waals surface area (Å²) in [5.74, 6) is -1.69. The van der Waals surface area contributed by atoms with Gasteiger partial charge in [0.15, 0.2) is 6.10 Å². The van der Waals surface area contributed by atoms with Crippen LogP contribution in [-0.4, -0.2) is 95.9 Å². The van der Waals surface area contributed by atoms with Crippen molar-refractivity contribution in [2.45, 2.75) is 245 Å². The molecule has 5 atom stereocenters. The molecule has 5 unspecified atom stereocenters. The highest BCUT2D eigenvalue weighted by Crippen LogP contribution is 2.45. The van der Waals surface area contributed by atoms with Gasteiger partial charge in [0.25, 0.3) is 0 Å². The number of allylic oxidation sites excluding steroid dienone is 32. The lowest BCUT2D eigenvalue weighted by Crippen LogP contribution is -2.30. The first-order valence-corrected chi connectivity index (χ1v) is 38.7. The van der Waals surface area contributed by atoms with E-state index in [1.165, 1.54) is 0 Å². The summed E-state index contributed by atoms with van der Waals surface area (Å²) in [6, 6.07) is 0. The molecule has 0 radical (unpaired) electrons. The van der Waals surface area contributed by atoms with Gasteiger partial charge in [0.05, 0.1) is 26.4 Å². The highest BCUT2D eigenvalue weighted by Gasteiger charge is 2.29. The maximum absolute atomic E-state index is 13.0. The molecule has 0 bridgehead atoms. The minimum atomic E-state index is -4.96. The van der Waals surface area contributed by atoms with Crippen molar-refractivity contribution in [1.82, 2.24) is 0 Å². The lowest BCUT2D eigenvalue weighted by molar-refractivity contribution is -0.161. The third-order valence-corrected chi connectivity index (χ3v) is 15.7. The molecule has 0 aliphatic rings. The van der Waals surface area contributed by atoms with Crippen molar-refractivity contribution in [1.29, 1.82) is 0 Å². The maximum Gasteiger partial charge on any atom is 0.472 e. The van der Waals surface area contributed by atoms with Crippen molar-refractivity contribution in [2.75, 3.05) is 39.6 Å². The number of carbonyl (C=O) groups excluding carboxylic acids is 3. The van der Waals surface area contributed by atoms with E-state index in [-0.39, 0.29) is 19.3 Å². The molecule has 0 aliphatic heterocycles. The summed E-state index contributed by atoms with van der Waals surface area (Å²) < 4.78 is 60.9. The van der Waals surface area contributed by atoms with Crippen LogP contribution in [0, 0.1) is 0 Å². The second-order valence-corrected chi connectivity index (χ2v) is 25.8. The van der Waals surface area contributed by atoms with Crippen LogP contribution in [0.3, 0.4) is 0 Å². The molecule has 16 nitrogen and oxygen atoms in total. The monoisotopic (exact) mass is 1390 g/mol. The normalized spacial score (nSPS) is 15.2. The number of ether oxygens (including phenoxy) is 3. The molecular formula is C79H124O16P2. The van der Waals surface area contributed by atoms with Crippen molar-refractivity contribution in [3.8, 4) is 0 Å². The quantitative estimate of drug-likeness (QED) is 0.0146. The number of esters is 3. The van der Waals surface area contributed by atoms with E-state index in [0.717, 1.165) is 167 Å². The SMILES string of the molecule is CC/C=C\C/C=C\C/C=C\C/C=C\C/C=C\C/C=C\CCCCCCC(=O)OCC(O)COP(=O)(O)OCC(O)COP(=O)(O)OCC(COC(=O)CCCCC/C=C\C/C=C\C/C=C\C/C=C\C/C=C\CC)OC(=O)CCCCC/C=C\C/C=C\C/C=C\C/C=C\C/C=C\CC. The number of phosphoric ester groups is 2. The van der Waals surface area contributed by atoms with Gasteiger partial charge in [0, 0.05) is 19.3 Å². The van der Waals surface area contributed by atoms with E-state index in [4.69, 9.17) is 32.3 Å². The second-order valence-electron chi connectivity index (χ2n) is 22.9. The fourth-order valence-electron chi connectivity index (χ4n) is 8.45. The Labute approximate surface area is 585 Å². The van der Waals surface area contributed by atoms with Gasteiger partial charge in [-0.2, -0.15) is 0 Å². The molecule has 0 amide bonds. The molecule has 0 aromatic rings. The Morgan fingerprint density at radius 3 is 0.814 bits per heavy atom. The van der Waals surface area contributed by atoms with E-state index >= 15 is 0 Å². The molecule has 4 N–H and O–H groups in total. The predicted octanol–water partition coefficient (Wildman–Crippen LogP) is 20.4. The first-order valence-electron chi connectivity index (χ1n) is 35.7. The van der Waals surface area contributed by atoms with Crippen LogP contribution in [0.4, 0.5) is 0 Å². The molecule has 0 spiro atoms. The van der Waals surface area contributed by atoms with Gasteiger partial charge < -0.3 is 34.2 Å². The van der Waals surface area contributed by atoms with Crippen LogP contribution < -0.4 is 0 Å². The van der Waals surface area contributed by atoms with E-state index in [0.29, 0.717) is 19.3 Å². The predicted molar refractivity (Wildman–Crippen MR) is 398 cm³/mol. The van der Waals surface area contributed by atoms with Gasteiger partial charge in [-0.15, -0.1) is 0 Å². The fourth-order valence-corrected chi connectivity index (χ4v) is 10.0. The van der Waals surface area contributed by atoms with Crippen LogP contribution in [0.25, 0.3) is 0 Å². The van der Waals surface area contributed by atoms with Gasteiger partial charge in [0.2, 0.25) is 0 Å². The van der Waals surface area contributed by atoms with Crippen LogP contribution in [0.1, 0.15) is 226 Å². The molecule has 0 aromatic heterocycles. The lowest BCUT2D eigenvalue weighted by Gasteiger charge is -2.21. The Balaban J connectivity index is 4.81. The molecular weight excluding hydrogens is 1270 g/mol. The number of hydrogen-bond acceptors (Lipinski definition) is 14. The minimum absolute atomic E-state index is 0.0481. The van der Waals surface area contributed by atoms with E-state index in [2.05, 4.69) is 215 Å². The molecule has 0 rings (SSSR count). The summed E-state index contributed by atoms with van der Waals surface area (Å²) >= 11 is 0. The zero-order valence-corrected chi connectivity index (χ0v) is 60.9. The number of hydrogen-bond donors (Lipinski definition) is 4. The van der Waals surface area contributed by atoms with Crippen LogP contribution in [0.15, 0.2) is 194 Å². The third kappa shape index (κ3) is 71.5. The summed E-state index contributed by atoms with van der Waals surface area (Å²) in [5.41, 5.74) is 0.